The fourth-order valence-corrected chi connectivity index (χ4v) is 5.40. The first-order valence-corrected chi connectivity index (χ1v) is 12.9. The molecular formula is C23H19Cl4N3O3S. The third kappa shape index (κ3) is 7.18. The second kappa shape index (κ2) is 12.0. The Bertz CT molecular complexity index is 1300. The Morgan fingerprint density at radius 2 is 1.62 bits per heavy atom. The van der Waals surface area contributed by atoms with Crippen LogP contribution < -0.4 is 5.43 Å². The molecule has 0 radical (unpaired) electrons. The first kappa shape index (κ1) is 26.5. The molecule has 0 atom stereocenters. The summed E-state index contributed by atoms with van der Waals surface area (Å²) in [6.07, 6.45) is 1.76. The molecule has 34 heavy (non-hydrogen) atoms. The van der Waals surface area contributed by atoms with Crippen molar-refractivity contribution in [1.82, 2.24) is 9.73 Å². The van der Waals surface area contributed by atoms with Crippen molar-refractivity contribution in [3.63, 3.8) is 0 Å². The Balaban J connectivity index is 1.78. The number of nitrogens with one attached hydrogen (secondary N) is 1. The number of rotatable bonds is 9. The second-order valence-electron chi connectivity index (χ2n) is 7.12. The third-order valence-corrected chi connectivity index (χ3v) is 7.97. The monoisotopic (exact) mass is 557 g/mol. The summed E-state index contributed by atoms with van der Waals surface area (Å²) < 4.78 is 27.8. The summed E-state index contributed by atoms with van der Waals surface area (Å²) in [5, 5.41) is 4.82. The molecule has 178 valence electrons. The van der Waals surface area contributed by atoms with Gasteiger partial charge in [0, 0.05) is 11.6 Å². The van der Waals surface area contributed by atoms with E-state index in [4.69, 9.17) is 46.4 Å². The molecule has 0 aliphatic heterocycles. The van der Waals surface area contributed by atoms with Crippen LogP contribution in [0.4, 0.5) is 0 Å². The number of carbonyl (C=O) groups excluding carboxylic acids is 1. The molecule has 3 aromatic rings. The van der Waals surface area contributed by atoms with Gasteiger partial charge in [-0.2, -0.15) is 9.41 Å². The molecule has 3 rings (SSSR count). The van der Waals surface area contributed by atoms with Crippen LogP contribution in [-0.2, 0) is 21.2 Å². The maximum Gasteiger partial charge on any atom is 0.255 e. The van der Waals surface area contributed by atoms with Crippen LogP contribution in [0.5, 0.6) is 0 Å². The molecular weight excluding hydrogens is 540 g/mol. The number of nitrogens with zero attached hydrogens (tertiary/aromatic N) is 2. The first-order valence-electron chi connectivity index (χ1n) is 9.93. The standard InChI is InChI=1S/C23H19Cl4N3O3S/c24-18-7-9-20(26)22(13-18)34(32,33)30(11-10-16-4-2-1-3-5-16)15-23(31)29-28-14-17-6-8-19(25)21(27)12-17/h1-9,12-14H,10-11,15H2,(H,29,31)/b28-14-. The quantitative estimate of drug-likeness (QED) is 0.271. The van der Waals surface area contributed by atoms with Crippen LogP contribution >= 0.6 is 46.4 Å². The highest BCUT2D eigenvalue weighted by molar-refractivity contribution is 7.89. The molecule has 0 fully saturated rings. The smallest absolute Gasteiger partial charge is 0.255 e. The molecule has 0 saturated heterocycles. The molecule has 11 heteroatoms. The maximum absolute atomic E-state index is 13.4. The van der Waals surface area contributed by atoms with Crippen molar-refractivity contribution in [2.75, 3.05) is 13.1 Å². The molecule has 0 aliphatic carbocycles. The van der Waals surface area contributed by atoms with E-state index in [9.17, 15) is 13.2 Å². The van der Waals surface area contributed by atoms with Gasteiger partial charge in [-0.1, -0.05) is 82.8 Å². The number of hydrazone groups is 1. The zero-order valence-electron chi connectivity index (χ0n) is 17.6. The largest absolute Gasteiger partial charge is 0.272 e. The Morgan fingerprint density at radius 3 is 2.32 bits per heavy atom. The number of hydrogen-bond acceptors (Lipinski definition) is 4. The van der Waals surface area contributed by atoms with Crippen molar-refractivity contribution in [2.24, 2.45) is 5.10 Å². The van der Waals surface area contributed by atoms with Crippen molar-refractivity contribution in [2.45, 2.75) is 11.3 Å². The van der Waals surface area contributed by atoms with Crippen LogP contribution in [0.15, 0.2) is 76.7 Å². The average molecular weight is 559 g/mol. The van der Waals surface area contributed by atoms with Crippen molar-refractivity contribution < 1.29 is 13.2 Å². The minimum atomic E-state index is -4.13. The molecule has 0 saturated carbocycles. The number of benzene rings is 3. The predicted octanol–water partition coefficient (Wildman–Crippen LogP) is 5.68. The van der Waals surface area contributed by atoms with E-state index < -0.39 is 22.5 Å². The van der Waals surface area contributed by atoms with Gasteiger partial charge in [0.1, 0.15) is 4.90 Å². The van der Waals surface area contributed by atoms with Gasteiger partial charge in [0.05, 0.1) is 27.8 Å². The van der Waals surface area contributed by atoms with Gasteiger partial charge in [0.15, 0.2) is 0 Å². The number of carbonyl (C=O) groups is 1. The number of halogens is 4. The van der Waals surface area contributed by atoms with Crippen LogP contribution in [0, 0.1) is 0 Å². The summed E-state index contributed by atoms with van der Waals surface area (Å²) >= 11 is 24.0. The Morgan fingerprint density at radius 1 is 0.912 bits per heavy atom. The summed E-state index contributed by atoms with van der Waals surface area (Å²) in [4.78, 5) is 12.4. The normalized spacial score (nSPS) is 11.8. The highest BCUT2D eigenvalue weighted by Gasteiger charge is 2.28. The van der Waals surface area contributed by atoms with Crippen LogP contribution in [0.3, 0.4) is 0 Å². The van der Waals surface area contributed by atoms with Crippen LogP contribution in [0.1, 0.15) is 11.1 Å². The van der Waals surface area contributed by atoms with Gasteiger partial charge in [-0.3, -0.25) is 4.79 Å². The molecule has 6 nitrogen and oxygen atoms in total. The summed E-state index contributed by atoms with van der Waals surface area (Å²) in [5.74, 6) is -0.633. The highest BCUT2D eigenvalue weighted by atomic mass is 35.5. The van der Waals surface area contributed by atoms with Crippen LogP contribution in [-0.4, -0.2) is 37.9 Å². The lowest BCUT2D eigenvalue weighted by atomic mass is 10.1. The minimum absolute atomic E-state index is 0.00663. The molecule has 1 N–H and O–H groups in total. The van der Waals surface area contributed by atoms with Gasteiger partial charge < -0.3 is 0 Å². The van der Waals surface area contributed by atoms with Crippen LogP contribution in [0.25, 0.3) is 0 Å². The lowest BCUT2D eigenvalue weighted by Gasteiger charge is -2.22. The van der Waals surface area contributed by atoms with Gasteiger partial charge in [-0.15, -0.1) is 0 Å². The first-order chi connectivity index (χ1) is 16.2. The highest BCUT2D eigenvalue weighted by Crippen LogP contribution is 2.28. The fraction of sp³-hybridized carbons (Fsp3) is 0.130. The van der Waals surface area contributed by atoms with Gasteiger partial charge in [0.2, 0.25) is 10.0 Å². The summed E-state index contributed by atoms with van der Waals surface area (Å²) in [5.41, 5.74) is 3.85. The number of amides is 1. The molecule has 0 aromatic heterocycles. The van der Waals surface area contributed by atoms with E-state index in [2.05, 4.69) is 10.5 Å². The summed E-state index contributed by atoms with van der Waals surface area (Å²) in [6.45, 7) is -0.435. The second-order valence-corrected chi connectivity index (χ2v) is 10.7. The maximum atomic E-state index is 13.4. The topological polar surface area (TPSA) is 78.8 Å². The summed E-state index contributed by atoms with van der Waals surface area (Å²) in [6, 6.07) is 18.3. The number of sulfonamides is 1. The summed E-state index contributed by atoms with van der Waals surface area (Å²) in [7, 11) is -4.13. The van der Waals surface area contributed by atoms with E-state index in [0.717, 1.165) is 9.87 Å². The van der Waals surface area contributed by atoms with Gasteiger partial charge in [-0.25, -0.2) is 13.8 Å². The van der Waals surface area contributed by atoms with Gasteiger partial charge in [0.25, 0.3) is 5.91 Å². The van der Waals surface area contributed by atoms with Crippen molar-refractivity contribution in [1.29, 1.82) is 0 Å². The fourth-order valence-electron chi connectivity index (χ4n) is 2.96. The van der Waals surface area contributed by atoms with E-state index in [1.165, 1.54) is 24.4 Å². The molecule has 0 aliphatic rings. The van der Waals surface area contributed by atoms with E-state index in [1.54, 1.807) is 18.2 Å². The van der Waals surface area contributed by atoms with Crippen molar-refractivity contribution in [3.05, 3.63) is 97.9 Å². The molecule has 1 amide bonds. The predicted molar refractivity (Wildman–Crippen MR) is 138 cm³/mol. The van der Waals surface area contributed by atoms with E-state index in [-0.39, 0.29) is 21.5 Å². The van der Waals surface area contributed by atoms with E-state index in [1.807, 2.05) is 30.3 Å². The Kier molecular flexibility index (Phi) is 9.36. The van der Waals surface area contributed by atoms with E-state index >= 15 is 0 Å². The van der Waals surface area contributed by atoms with Gasteiger partial charge in [-0.05, 0) is 47.9 Å². The Labute approximate surface area is 218 Å². The Hall–Kier alpha value is -2.13. The molecule has 0 unspecified atom stereocenters. The van der Waals surface area contributed by atoms with Gasteiger partial charge >= 0.3 is 0 Å². The van der Waals surface area contributed by atoms with Crippen molar-refractivity contribution >= 4 is 68.5 Å². The zero-order valence-corrected chi connectivity index (χ0v) is 21.4. The SMILES string of the molecule is O=C(CN(CCc1ccccc1)S(=O)(=O)c1cc(Cl)ccc1Cl)N/N=C\c1ccc(Cl)c(Cl)c1. The van der Waals surface area contributed by atoms with Crippen LogP contribution in [0.2, 0.25) is 20.1 Å². The average Bonchev–Trinajstić information content (AvgIpc) is 2.81. The van der Waals surface area contributed by atoms with Crippen molar-refractivity contribution in [3.8, 4) is 0 Å². The molecule has 0 heterocycles. The molecule has 0 spiro atoms. The zero-order chi connectivity index (χ0) is 24.7. The number of hydrogen-bond donors (Lipinski definition) is 1. The molecule has 3 aromatic carbocycles. The lowest BCUT2D eigenvalue weighted by molar-refractivity contribution is -0.121. The minimum Gasteiger partial charge on any atom is -0.272 e. The lowest BCUT2D eigenvalue weighted by Crippen LogP contribution is -2.40. The third-order valence-electron chi connectivity index (χ3n) is 4.67. The van der Waals surface area contributed by atoms with E-state index in [0.29, 0.717) is 22.0 Å². The molecule has 0 bridgehead atoms.